The van der Waals surface area contributed by atoms with Crippen LogP contribution in [-0.4, -0.2) is 27.5 Å². The van der Waals surface area contributed by atoms with Gasteiger partial charge in [-0.1, -0.05) is 11.6 Å². The molecule has 26 heavy (non-hydrogen) atoms. The molecule has 0 saturated heterocycles. The zero-order valence-electron chi connectivity index (χ0n) is 13.8. The van der Waals surface area contributed by atoms with E-state index < -0.39 is 25.2 Å². The Labute approximate surface area is 224 Å². The maximum atomic E-state index is 11.3. The van der Waals surface area contributed by atoms with Gasteiger partial charge in [0.2, 0.25) is 0 Å². The van der Waals surface area contributed by atoms with Crippen LogP contribution in [0.4, 0.5) is 16.4 Å². The first kappa shape index (κ1) is 37.6. The molecule has 0 bridgehead atoms. The Hall–Kier alpha value is 0.820. The Morgan fingerprint density at radius 2 is 1.42 bits per heavy atom. The second-order valence-corrected chi connectivity index (χ2v) is 4.96. The van der Waals surface area contributed by atoms with Crippen LogP contribution in [-0.2, 0) is 4.57 Å². The van der Waals surface area contributed by atoms with Crippen LogP contribution in [0, 0.1) is 0 Å². The van der Waals surface area contributed by atoms with E-state index in [-0.39, 0.29) is 124 Å². The standard InChI is InChI=1S/C6H8ClN7O.CH3O5P.ClH.3Na/c7-2-4(9)13-3(8)1(12-2)5(15)14-6(10)11;2-1(3)7(4,5)6;;;;/h(H4,8,9,13)(H4,10,11,14,15);(H,2,3)(H2,4,5,6);1H;;;/q;;;3*+1/p-3. The van der Waals surface area contributed by atoms with Crippen molar-refractivity contribution in [1.82, 2.24) is 9.97 Å². The first-order valence-electron chi connectivity index (χ1n) is 4.82. The number of amides is 1. The fraction of sp³-hybridized carbons (Fsp3) is 0. The number of nitrogen functional groups attached to an aromatic ring is 2. The zero-order chi connectivity index (χ0) is 17.7. The third-order valence-electron chi connectivity index (χ3n) is 1.56. The molecule has 1 aromatic heterocycles. The van der Waals surface area contributed by atoms with Crippen molar-refractivity contribution < 1.29 is 118 Å². The van der Waals surface area contributed by atoms with Crippen LogP contribution in [0.2, 0.25) is 5.15 Å². The molecule has 1 amide bonds. The molecule has 0 aliphatic heterocycles. The second kappa shape index (κ2) is 16.7. The number of guanidine groups is 1. The fourth-order valence-electron chi connectivity index (χ4n) is 0.769. The van der Waals surface area contributed by atoms with Crippen molar-refractivity contribution in [3.63, 3.8) is 0 Å². The van der Waals surface area contributed by atoms with Crippen LogP contribution < -0.4 is 126 Å². The molecule has 0 aliphatic carbocycles. The van der Waals surface area contributed by atoms with E-state index in [1.165, 1.54) is 0 Å². The molecule has 0 unspecified atom stereocenters. The number of aliphatic imine (C=N–C) groups is 1. The number of hydrogen-bond donors (Lipinski definition) is 4. The van der Waals surface area contributed by atoms with Crippen LogP contribution >= 0.6 is 31.6 Å². The Morgan fingerprint density at radius 3 is 1.73 bits per heavy atom. The van der Waals surface area contributed by atoms with Crippen molar-refractivity contribution in [2.75, 3.05) is 11.5 Å². The summed E-state index contributed by atoms with van der Waals surface area (Å²) in [5.74, 6) is -1.50. The van der Waals surface area contributed by atoms with Crippen molar-refractivity contribution in [1.29, 1.82) is 0 Å². The first-order valence-corrected chi connectivity index (χ1v) is 6.74. The quantitative estimate of drug-likeness (QED) is 0.139. The average molecular weight is 458 g/mol. The van der Waals surface area contributed by atoms with Crippen LogP contribution in [0.1, 0.15) is 10.5 Å². The maximum absolute atomic E-state index is 11.3. The molecule has 130 valence electrons. The molecule has 0 aliphatic rings. The van der Waals surface area contributed by atoms with Gasteiger partial charge >= 0.3 is 94.6 Å². The van der Waals surface area contributed by atoms with Gasteiger partial charge in [-0.15, -0.1) is 12.4 Å². The van der Waals surface area contributed by atoms with E-state index in [9.17, 15) is 4.79 Å². The maximum Gasteiger partial charge on any atom is 1.00 e. The number of nitrogens with zero attached hydrogens (tertiary/aromatic N) is 3. The summed E-state index contributed by atoms with van der Waals surface area (Å²) in [5.41, 5.74) is 17.9. The van der Waals surface area contributed by atoms with Crippen molar-refractivity contribution in [2.24, 2.45) is 16.5 Å². The Balaban J connectivity index is -0.000000118. The molecule has 1 aromatic rings. The average Bonchev–Trinajstić information content (AvgIpc) is 2.32. The summed E-state index contributed by atoms with van der Waals surface area (Å²) in [6, 6.07) is 0. The van der Waals surface area contributed by atoms with E-state index in [1.54, 1.807) is 0 Å². The van der Waals surface area contributed by atoms with Gasteiger partial charge in [0.1, 0.15) is 0 Å². The summed E-state index contributed by atoms with van der Waals surface area (Å²) in [7, 11) is -5.43. The number of carbonyl (C=O) groups excluding carboxylic acids is 2. The third-order valence-corrected chi connectivity index (χ3v) is 2.29. The minimum Gasteiger partial charge on any atom is -0.807 e. The summed E-state index contributed by atoms with van der Waals surface area (Å²) in [6.07, 6.45) is 0. The third kappa shape index (κ3) is 14.8. The van der Waals surface area contributed by atoms with Gasteiger partial charge in [-0.2, -0.15) is 4.99 Å². The van der Waals surface area contributed by atoms with Crippen LogP contribution in [0.5, 0.6) is 0 Å². The Morgan fingerprint density at radius 1 is 1.04 bits per heavy atom. The van der Waals surface area contributed by atoms with Crippen molar-refractivity contribution in [3.05, 3.63) is 10.8 Å². The SMILES string of the molecule is Cl.NC(N)=NC(=O)c1nc(Cl)c(N)nc1N.O=C([O-])P(=O)([O-])[O-].[Na+].[Na+].[Na+]. The molecule has 0 fully saturated rings. The molecule has 0 aromatic carbocycles. The van der Waals surface area contributed by atoms with Gasteiger partial charge in [-0.05, 0) is 7.60 Å². The number of halogens is 2. The monoisotopic (exact) mass is 457 g/mol. The summed E-state index contributed by atoms with van der Waals surface area (Å²) in [4.78, 5) is 49.0. The second-order valence-electron chi connectivity index (χ2n) is 3.24. The summed E-state index contributed by atoms with van der Waals surface area (Å²) in [6.45, 7) is 0. The van der Waals surface area contributed by atoms with Gasteiger partial charge in [0, 0.05) is 0 Å². The molecular weight excluding hydrogens is 449 g/mol. The summed E-state index contributed by atoms with van der Waals surface area (Å²) >= 11 is 5.55. The van der Waals surface area contributed by atoms with Gasteiger partial charge in [0.15, 0.2) is 28.4 Å². The zero-order valence-corrected chi connectivity index (χ0v) is 22.3. The number of rotatable bonds is 2. The largest absolute Gasteiger partial charge is 1.00 e. The van der Waals surface area contributed by atoms with Crippen molar-refractivity contribution >= 4 is 60.8 Å². The predicted molar refractivity (Wildman–Crippen MR) is 76.3 cm³/mol. The molecule has 0 spiro atoms. The Kier molecular flexibility index (Phi) is 24.2. The van der Waals surface area contributed by atoms with Gasteiger partial charge in [0.25, 0.3) is 0 Å². The molecule has 0 radical (unpaired) electrons. The fourth-order valence-corrected chi connectivity index (χ4v) is 0.896. The molecule has 0 atom stereocenters. The van der Waals surface area contributed by atoms with Crippen LogP contribution in [0.25, 0.3) is 0 Å². The number of aromatic nitrogens is 2. The van der Waals surface area contributed by atoms with E-state index in [0.29, 0.717) is 0 Å². The minimum absolute atomic E-state index is 0. The smallest absolute Gasteiger partial charge is 0.807 e. The van der Waals surface area contributed by atoms with Gasteiger partial charge in [-0.25, -0.2) is 9.97 Å². The molecule has 8 N–H and O–H groups in total. The molecule has 13 nitrogen and oxygen atoms in total. The van der Waals surface area contributed by atoms with Gasteiger partial charge < -0.3 is 47.2 Å². The molecule has 0 saturated carbocycles. The van der Waals surface area contributed by atoms with E-state index in [0.717, 1.165) is 0 Å². The summed E-state index contributed by atoms with van der Waals surface area (Å²) < 4.78 is 9.14. The summed E-state index contributed by atoms with van der Waals surface area (Å²) in [5, 5.41) is 8.88. The number of carbonyl (C=O) groups is 2. The topological polar surface area (TPSA) is 263 Å². The first-order chi connectivity index (χ1) is 9.86. The molecule has 1 rings (SSSR count). The molecule has 1 heterocycles. The van der Waals surface area contributed by atoms with E-state index in [4.69, 9.17) is 58.8 Å². The van der Waals surface area contributed by atoms with Gasteiger partial charge in [0.05, 0.1) is 5.71 Å². The predicted octanol–water partition coefficient (Wildman–Crippen LogP) is -12.6. The number of anilines is 2. The van der Waals surface area contributed by atoms with E-state index in [1.807, 2.05) is 0 Å². The molecular formula is C7H9Cl2N7Na3O6P. The minimum atomic E-state index is -5.43. The number of hydrogen-bond acceptors (Lipinski definition) is 10. The van der Waals surface area contributed by atoms with Crippen LogP contribution in [0.15, 0.2) is 4.99 Å². The Bertz CT molecular complexity index is 687. The number of carboxylic acid groups (broad SMARTS) is 1. The van der Waals surface area contributed by atoms with Crippen LogP contribution in [0.3, 0.4) is 0 Å². The van der Waals surface area contributed by atoms with E-state index >= 15 is 0 Å². The van der Waals surface area contributed by atoms with Crippen molar-refractivity contribution in [2.45, 2.75) is 0 Å². The van der Waals surface area contributed by atoms with Crippen molar-refractivity contribution in [3.8, 4) is 0 Å². The van der Waals surface area contributed by atoms with E-state index in [2.05, 4.69) is 15.0 Å². The van der Waals surface area contributed by atoms with Gasteiger partial charge in [-0.3, -0.25) is 4.79 Å². The molecule has 19 heteroatoms. The normalized spacial score (nSPS) is 8.58. The number of nitrogens with two attached hydrogens (primary N) is 4.